The number of hydrogen-bond donors (Lipinski definition) is 2. The van der Waals surface area contributed by atoms with Crippen molar-refractivity contribution in [3.05, 3.63) is 89.5 Å². The largest absolute Gasteiger partial charge is 0.314 e. The molecule has 1 atom stereocenters. The number of benzene rings is 2. The van der Waals surface area contributed by atoms with Gasteiger partial charge in [0.1, 0.15) is 5.82 Å². The lowest BCUT2D eigenvalue weighted by atomic mass is 9.94. The number of pyridine rings is 1. The molecule has 0 aliphatic heterocycles. The van der Waals surface area contributed by atoms with Gasteiger partial charge in [0.05, 0.1) is 0 Å². The Morgan fingerprint density at radius 3 is 2.37 bits per heavy atom. The molecule has 0 radical (unpaired) electrons. The zero-order valence-corrected chi connectivity index (χ0v) is 18.2. The van der Waals surface area contributed by atoms with E-state index in [0.717, 1.165) is 31.5 Å². The summed E-state index contributed by atoms with van der Waals surface area (Å²) < 4.78 is 13.0. The van der Waals surface area contributed by atoms with Gasteiger partial charge in [-0.05, 0) is 72.3 Å². The molecule has 0 aliphatic rings. The van der Waals surface area contributed by atoms with Gasteiger partial charge >= 0.3 is 0 Å². The highest BCUT2D eigenvalue weighted by atomic mass is 19.1. The monoisotopic (exact) mass is 405 g/mol. The molecule has 4 heteroatoms. The fourth-order valence-electron chi connectivity index (χ4n) is 3.62. The van der Waals surface area contributed by atoms with Gasteiger partial charge in [0, 0.05) is 31.0 Å². The van der Waals surface area contributed by atoms with Crippen LogP contribution in [0.1, 0.15) is 37.5 Å². The molecule has 30 heavy (non-hydrogen) atoms. The van der Waals surface area contributed by atoms with Crippen molar-refractivity contribution in [1.82, 2.24) is 15.6 Å². The van der Waals surface area contributed by atoms with Crippen LogP contribution in [-0.2, 0) is 19.4 Å². The third-order valence-electron chi connectivity index (χ3n) is 5.26. The van der Waals surface area contributed by atoms with Gasteiger partial charge in [0.25, 0.3) is 0 Å². The molecule has 2 aromatic carbocycles. The fourth-order valence-corrected chi connectivity index (χ4v) is 3.62. The summed E-state index contributed by atoms with van der Waals surface area (Å²) in [6, 6.07) is 18.2. The van der Waals surface area contributed by atoms with E-state index < -0.39 is 0 Å². The molecule has 0 saturated carbocycles. The first-order valence-electron chi connectivity index (χ1n) is 10.8. The van der Waals surface area contributed by atoms with Gasteiger partial charge in [0.15, 0.2) is 0 Å². The third kappa shape index (κ3) is 6.48. The summed E-state index contributed by atoms with van der Waals surface area (Å²) >= 11 is 0. The molecule has 0 spiro atoms. The molecular weight excluding hydrogens is 373 g/mol. The van der Waals surface area contributed by atoms with Gasteiger partial charge in [-0.25, -0.2) is 4.39 Å². The maximum atomic E-state index is 13.0. The molecule has 1 unspecified atom stereocenters. The molecule has 1 aromatic heterocycles. The van der Waals surface area contributed by atoms with E-state index in [0.29, 0.717) is 12.1 Å². The number of halogens is 1. The Morgan fingerprint density at radius 1 is 0.867 bits per heavy atom. The average molecular weight is 406 g/mol. The zero-order valence-electron chi connectivity index (χ0n) is 18.2. The van der Waals surface area contributed by atoms with Crippen molar-refractivity contribution in [1.29, 1.82) is 0 Å². The van der Waals surface area contributed by atoms with E-state index in [1.165, 1.54) is 34.4 Å². The second kappa shape index (κ2) is 11.0. The lowest BCUT2D eigenvalue weighted by molar-refractivity contribution is 0.548. The Morgan fingerprint density at radius 2 is 1.60 bits per heavy atom. The number of hydrogen-bond acceptors (Lipinski definition) is 3. The summed E-state index contributed by atoms with van der Waals surface area (Å²) in [5.74, 6) is -0.187. The number of nitrogens with one attached hydrogen (secondary N) is 2. The van der Waals surface area contributed by atoms with Crippen LogP contribution in [0.25, 0.3) is 11.1 Å². The molecule has 0 aliphatic carbocycles. The molecule has 3 aromatic rings. The quantitative estimate of drug-likeness (QED) is 0.490. The summed E-state index contributed by atoms with van der Waals surface area (Å²) in [5, 5.41) is 7.12. The highest BCUT2D eigenvalue weighted by molar-refractivity contribution is 5.70. The summed E-state index contributed by atoms with van der Waals surface area (Å²) in [6.45, 7) is 8.24. The molecule has 1 heterocycles. The second-order valence-electron chi connectivity index (χ2n) is 8.16. The SMILES string of the molecule is CC(C)NCc1ccccc1-c1ccncc1CC(C)NCCc1ccc(F)cc1. The Kier molecular flexibility index (Phi) is 8.12. The Balaban J connectivity index is 1.66. The van der Waals surface area contributed by atoms with Crippen molar-refractivity contribution in [2.24, 2.45) is 0 Å². The summed E-state index contributed by atoms with van der Waals surface area (Å²) in [4.78, 5) is 4.38. The van der Waals surface area contributed by atoms with Gasteiger partial charge in [-0.1, -0.05) is 50.2 Å². The van der Waals surface area contributed by atoms with Crippen LogP contribution in [0, 0.1) is 5.82 Å². The van der Waals surface area contributed by atoms with Gasteiger partial charge in [-0.3, -0.25) is 4.98 Å². The van der Waals surface area contributed by atoms with E-state index in [4.69, 9.17) is 0 Å². The van der Waals surface area contributed by atoms with Crippen LogP contribution >= 0.6 is 0 Å². The van der Waals surface area contributed by atoms with Crippen LogP contribution in [0.15, 0.2) is 67.0 Å². The Hall–Kier alpha value is -2.56. The molecular formula is C26H32FN3. The van der Waals surface area contributed by atoms with E-state index in [2.05, 4.69) is 66.7 Å². The molecule has 0 fully saturated rings. The minimum atomic E-state index is -0.187. The summed E-state index contributed by atoms with van der Waals surface area (Å²) in [6.07, 6.45) is 5.64. The maximum Gasteiger partial charge on any atom is 0.123 e. The average Bonchev–Trinajstić information content (AvgIpc) is 2.74. The summed E-state index contributed by atoms with van der Waals surface area (Å²) in [5.41, 5.74) is 6.21. The van der Waals surface area contributed by atoms with Crippen LogP contribution in [0.4, 0.5) is 4.39 Å². The van der Waals surface area contributed by atoms with Crippen LogP contribution in [0.2, 0.25) is 0 Å². The predicted molar refractivity (Wildman–Crippen MR) is 123 cm³/mol. The van der Waals surface area contributed by atoms with E-state index >= 15 is 0 Å². The molecule has 3 nitrogen and oxygen atoms in total. The minimum Gasteiger partial charge on any atom is -0.314 e. The second-order valence-corrected chi connectivity index (χ2v) is 8.16. The standard InChI is InChI=1S/C26H32FN3/c1-19(2)30-18-22-6-4-5-7-25(22)26-13-14-28-17-23(26)16-20(3)29-15-12-21-8-10-24(27)11-9-21/h4-11,13-14,17,19-20,29-30H,12,15-16,18H2,1-3H3. The van der Waals surface area contributed by atoms with Crippen molar-refractivity contribution >= 4 is 0 Å². The van der Waals surface area contributed by atoms with Crippen molar-refractivity contribution in [2.75, 3.05) is 6.54 Å². The maximum absolute atomic E-state index is 13.0. The van der Waals surface area contributed by atoms with Crippen molar-refractivity contribution in [3.8, 4) is 11.1 Å². The van der Waals surface area contributed by atoms with Gasteiger partial charge in [-0.15, -0.1) is 0 Å². The Labute approximate surface area is 179 Å². The normalized spacial score (nSPS) is 12.3. The van der Waals surface area contributed by atoms with Gasteiger partial charge in [0.2, 0.25) is 0 Å². The first-order chi connectivity index (χ1) is 14.5. The highest BCUT2D eigenvalue weighted by Gasteiger charge is 2.12. The fraction of sp³-hybridized carbons (Fsp3) is 0.346. The van der Waals surface area contributed by atoms with E-state index in [1.807, 2.05) is 24.5 Å². The molecule has 2 N–H and O–H groups in total. The zero-order chi connectivity index (χ0) is 21.3. The lowest BCUT2D eigenvalue weighted by Crippen LogP contribution is -2.30. The first kappa shape index (κ1) is 22.1. The molecule has 0 saturated heterocycles. The molecule has 158 valence electrons. The van der Waals surface area contributed by atoms with Crippen LogP contribution < -0.4 is 10.6 Å². The smallest absolute Gasteiger partial charge is 0.123 e. The number of rotatable bonds is 10. The molecule has 0 amide bonds. The number of aromatic nitrogens is 1. The van der Waals surface area contributed by atoms with Crippen LogP contribution in [-0.4, -0.2) is 23.6 Å². The van der Waals surface area contributed by atoms with Gasteiger partial charge < -0.3 is 10.6 Å². The van der Waals surface area contributed by atoms with E-state index in [9.17, 15) is 4.39 Å². The first-order valence-corrected chi connectivity index (χ1v) is 10.8. The van der Waals surface area contributed by atoms with Crippen LogP contribution in [0.5, 0.6) is 0 Å². The Bertz CT molecular complexity index is 922. The molecule has 0 bridgehead atoms. The third-order valence-corrected chi connectivity index (χ3v) is 5.26. The van der Waals surface area contributed by atoms with Crippen molar-refractivity contribution < 1.29 is 4.39 Å². The predicted octanol–water partition coefficient (Wildman–Crippen LogP) is 5.15. The minimum absolute atomic E-state index is 0.187. The number of nitrogens with zero attached hydrogens (tertiary/aromatic N) is 1. The van der Waals surface area contributed by atoms with E-state index in [-0.39, 0.29) is 5.82 Å². The lowest BCUT2D eigenvalue weighted by Gasteiger charge is -2.18. The summed E-state index contributed by atoms with van der Waals surface area (Å²) in [7, 11) is 0. The topological polar surface area (TPSA) is 37.0 Å². The highest BCUT2D eigenvalue weighted by Crippen LogP contribution is 2.27. The van der Waals surface area contributed by atoms with Crippen molar-refractivity contribution in [3.63, 3.8) is 0 Å². The van der Waals surface area contributed by atoms with Crippen molar-refractivity contribution in [2.45, 2.75) is 52.2 Å². The van der Waals surface area contributed by atoms with Crippen LogP contribution in [0.3, 0.4) is 0 Å². The molecule has 3 rings (SSSR count). The van der Waals surface area contributed by atoms with E-state index in [1.54, 1.807) is 0 Å². The van der Waals surface area contributed by atoms with Gasteiger partial charge in [-0.2, -0.15) is 0 Å².